The summed E-state index contributed by atoms with van der Waals surface area (Å²) >= 11 is 3.54. The smallest absolute Gasteiger partial charge is 0.175 e. The van der Waals surface area contributed by atoms with E-state index >= 15 is 0 Å². The molecule has 0 amide bonds. The van der Waals surface area contributed by atoms with Crippen LogP contribution in [-0.2, 0) is 6.54 Å². The Kier molecular flexibility index (Phi) is 8.07. The predicted molar refractivity (Wildman–Crippen MR) is 89.0 cm³/mol. The number of rotatable bonds is 9. The van der Waals surface area contributed by atoms with Crippen molar-refractivity contribution in [3.63, 3.8) is 0 Å². The molecule has 0 spiro atoms. The van der Waals surface area contributed by atoms with Gasteiger partial charge in [0.15, 0.2) is 11.5 Å². The summed E-state index contributed by atoms with van der Waals surface area (Å²) in [7, 11) is 1.63. The highest BCUT2D eigenvalue weighted by atomic mass is 79.9. The van der Waals surface area contributed by atoms with Crippen molar-refractivity contribution in [1.82, 2.24) is 5.32 Å². The van der Waals surface area contributed by atoms with Crippen molar-refractivity contribution in [3.8, 4) is 11.5 Å². The molecule has 21 heavy (non-hydrogen) atoms. The van der Waals surface area contributed by atoms with Crippen molar-refractivity contribution < 1.29 is 14.6 Å². The van der Waals surface area contributed by atoms with Crippen LogP contribution in [0.5, 0.6) is 11.5 Å². The van der Waals surface area contributed by atoms with Gasteiger partial charge in [0.2, 0.25) is 0 Å². The number of nitrogens with one attached hydrogen (secondary N) is 1. The molecule has 0 saturated heterocycles. The quantitative estimate of drug-likeness (QED) is 0.710. The Labute approximate surface area is 136 Å². The van der Waals surface area contributed by atoms with Gasteiger partial charge in [-0.05, 0) is 46.1 Å². The van der Waals surface area contributed by atoms with E-state index in [0.29, 0.717) is 24.0 Å². The van der Waals surface area contributed by atoms with Crippen molar-refractivity contribution in [3.05, 3.63) is 22.2 Å². The van der Waals surface area contributed by atoms with E-state index in [9.17, 15) is 0 Å². The Bertz CT molecular complexity index is 438. The van der Waals surface area contributed by atoms with Crippen molar-refractivity contribution in [2.24, 2.45) is 11.8 Å². The fourth-order valence-electron chi connectivity index (χ4n) is 1.80. The molecule has 5 heteroatoms. The van der Waals surface area contributed by atoms with Gasteiger partial charge in [-0.15, -0.1) is 0 Å². The van der Waals surface area contributed by atoms with Gasteiger partial charge in [0, 0.05) is 19.1 Å². The van der Waals surface area contributed by atoms with Gasteiger partial charge in [0.25, 0.3) is 0 Å². The lowest BCUT2D eigenvalue weighted by Gasteiger charge is -2.16. The van der Waals surface area contributed by atoms with Gasteiger partial charge in [0.1, 0.15) is 0 Å². The first-order chi connectivity index (χ1) is 9.97. The molecule has 0 saturated carbocycles. The minimum Gasteiger partial charge on any atom is -0.493 e. The van der Waals surface area contributed by atoms with Crippen LogP contribution in [0.15, 0.2) is 16.6 Å². The Morgan fingerprint density at radius 3 is 2.57 bits per heavy atom. The van der Waals surface area contributed by atoms with Crippen molar-refractivity contribution in [2.45, 2.75) is 27.3 Å². The van der Waals surface area contributed by atoms with E-state index in [1.54, 1.807) is 7.11 Å². The highest BCUT2D eigenvalue weighted by molar-refractivity contribution is 9.10. The van der Waals surface area contributed by atoms with E-state index in [0.717, 1.165) is 23.1 Å². The molecule has 0 radical (unpaired) electrons. The minimum atomic E-state index is 0.0917. The summed E-state index contributed by atoms with van der Waals surface area (Å²) in [4.78, 5) is 0. The van der Waals surface area contributed by atoms with Gasteiger partial charge in [-0.3, -0.25) is 0 Å². The Hall–Kier alpha value is -0.780. The molecule has 120 valence electrons. The van der Waals surface area contributed by atoms with Crippen molar-refractivity contribution in [1.29, 1.82) is 0 Å². The lowest BCUT2D eigenvalue weighted by atomic mass is 10.1. The van der Waals surface area contributed by atoms with Crippen LogP contribution in [0.25, 0.3) is 0 Å². The molecule has 0 bridgehead atoms. The van der Waals surface area contributed by atoms with E-state index in [1.807, 2.05) is 19.1 Å². The molecule has 0 aliphatic rings. The first kappa shape index (κ1) is 18.3. The zero-order chi connectivity index (χ0) is 15.8. The van der Waals surface area contributed by atoms with Crippen LogP contribution in [0.4, 0.5) is 0 Å². The van der Waals surface area contributed by atoms with Crippen LogP contribution in [-0.4, -0.2) is 32.0 Å². The highest BCUT2D eigenvalue weighted by Crippen LogP contribution is 2.36. The normalized spacial score (nSPS) is 12.5. The highest BCUT2D eigenvalue weighted by Gasteiger charge is 2.13. The summed E-state index contributed by atoms with van der Waals surface area (Å²) in [5.74, 6) is 2.10. The SMILES string of the molecule is COc1cc(CNCC(C)C)cc(Br)c1OCC(C)CO. The van der Waals surface area contributed by atoms with Crippen LogP contribution < -0.4 is 14.8 Å². The second kappa shape index (κ2) is 9.28. The average molecular weight is 360 g/mol. The first-order valence-electron chi connectivity index (χ1n) is 7.28. The fourth-order valence-corrected chi connectivity index (χ4v) is 2.40. The second-order valence-corrected chi connectivity index (χ2v) is 6.59. The molecule has 0 fully saturated rings. The number of hydrogen-bond donors (Lipinski definition) is 2. The zero-order valence-corrected chi connectivity index (χ0v) is 14.9. The van der Waals surface area contributed by atoms with Gasteiger partial charge in [0.05, 0.1) is 18.2 Å². The van der Waals surface area contributed by atoms with Crippen LogP contribution >= 0.6 is 15.9 Å². The largest absolute Gasteiger partial charge is 0.493 e. The summed E-state index contributed by atoms with van der Waals surface area (Å²) in [5.41, 5.74) is 1.14. The van der Waals surface area contributed by atoms with Crippen molar-refractivity contribution in [2.75, 3.05) is 26.9 Å². The lowest BCUT2D eigenvalue weighted by molar-refractivity contribution is 0.170. The van der Waals surface area contributed by atoms with Gasteiger partial charge >= 0.3 is 0 Å². The number of halogens is 1. The molecule has 0 aliphatic heterocycles. The third-order valence-electron chi connectivity index (χ3n) is 2.99. The van der Waals surface area contributed by atoms with Crippen LogP contribution in [0.2, 0.25) is 0 Å². The van der Waals surface area contributed by atoms with E-state index in [-0.39, 0.29) is 12.5 Å². The molecule has 1 unspecified atom stereocenters. The summed E-state index contributed by atoms with van der Waals surface area (Å²) in [6.07, 6.45) is 0. The second-order valence-electron chi connectivity index (χ2n) is 5.73. The Balaban J connectivity index is 2.76. The Morgan fingerprint density at radius 1 is 1.29 bits per heavy atom. The lowest BCUT2D eigenvalue weighted by Crippen LogP contribution is -2.19. The van der Waals surface area contributed by atoms with Crippen LogP contribution in [0.3, 0.4) is 0 Å². The third kappa shape index (κ3) is 6.24. The molecule has 2 N–H and O–H groups in total. The molecule has 0 heterocycles. The standard InChI is InChI=1S/C16H26BrNO3/c1-11(2)7-18-8-13-5-14(17)16(15(6-13)20-4)21-10-12(3)9-19/h5-6,11-12,18-19H,7-10H2,1-4H3. The van der Waals surface area contributed by atoms with Crippen LogP contribution in [0.1, 0.15) is 26.3 Å². The molecule has 1 atom stereocenters. The molecule has 1 rings (SSSR count). The number of aliphatic hydroxyl groups excluding tert-OH is 1. The van der Waals surface area contributed by atoms with Gasteiger partial charge in [-0.25, -0.2) is 0 Å². The third-order valence-corrected chi connectivity index (χ3v) is 3.58. The molecular formula is C16H26BrNO3. The monoisotopic (exact) mass is 359 g/mol. The number of benzene rings is 1. The topological polar surface area (TPSA) is 50.7 Å². The summed E-state index contributed by atoms with van der Waals surface area (Å²) in [5, 5.41) is 12.5. The maximum absolute atomic E-state index is 9.06. The van der Waals surface area contributed by atoms with E-state index in [1.165, 1.54) is 0 Å². The maximum Gasteiger partial charge on any atom is 0.175 e. The fraction of sp³-hybridized carbons (Fsp3) is 0.625. The minimum absolute atomic E-state index is 0.0917. The predicted octanol–water partition coefficient (Wildman–Crippen LogP) is 3.21. The van der Waals surface area contributed by atoms with Crippen LogP contribution in [0, 0.1) is 11.8 Å². The van der Waals surface area contributed by atoms with E-state index in [4.69, 9.17) is 14.6 Å². The molecule has 0 aliphatic carbocycles. The molecule has 0 aromatic heterocycles. The molecule has 4 nitrogen and oxygen atoms in total. The van der Waals surface area contributed by atoms with Gasteiger partial charge in [-0.1, -0.05) is 20.8 Å². The number of hydrogen-bond acceptors (Lipinski definition) is 4. The maximum atomic E-state index is 9.06. The number of ether oxygens (including phenoxy) is 2. The summed E-state index contributed by atoms with van der Waals surface area (Å²) in [6, 6.07) is 4.02. The van der Waals surface area contributed by atoms with Crippen molar-refractivity contribution >= 4 is 15.9 Å². The Morgan fingerprint density at radius 2 is 2.00 bits per heavy atom. The first-order valence-corrected chi connectivity index (χ1v) is 8.08. The summed E-state index contributed by atoms with van der Waals surface area (Å²) in [6.45, 7) is 8.64. The number of methoxy groups -OCH3 is 1. The van der Waals surface area contributed by atoms with E-state index in [2.05, 4.69) is 35.1 Å². The zero-order valence-electron chi connectivity index (χ0n) is 13.3. The molecule has 1 aromatic rings. The van der Waals surface area contributed by atoms with E-state index < -0.39 is 0 Å². The molecule has 1 aromatic carbocycles. The van der Waals surface area contributed by atoms with Gasteiger partial charge < -0.3 is 19.9 Å². The van der Waals surface area contributed by atoms with Gasteiger partial charge in [-0.2, -0.15) is 0 Å². The molecular weight excluding hydrogens is 334 g/mol. The summed E-state index contributed by atoms with van der Waals surface area (Å²) < 4.78 is 12.0. The average Bonchev–Trinajstić information content (AvgIpc) is 2.44. The number of aliphatic hydroxyl groups is 1.